The van der Waals surface area contributed by atoms with Gasteiger partial charge < -0.3 is 20.1 Å². The van der Waals surface area contributed by atoms with Gasteiger partial charge in [0.2, 0.25) is 11.8 Å². The van der Waals surface area contributed by atoms with Gasteiger partial charge in [-0.2, -0.15) is 0 Å². The Kier molecular flexibility index (Phi) is 5.11. The summed E-state index contributed by atoms with van der Waals surface area (Å²) in [5.41, 5.74) is 0.413. The number of hydrogen-bond acceptors (Lipinski definition) is 4. The molecule has 2 amide bonds. The molecule has 0 atom stereocenters. The fraction of sp³-hybridized carbons (Fsp3) is 0.300. The summed E-state index contributed by atoms with van der Waals surface area (Å²) in [4.78, 5) is 25.3. The van der Waals surface area contributed by atoms with Gasteiger partial charge in [-0.15, -0.1) is 0 Å². The quantitative estimate of drug-likeness (QED) is 0.750. The minimum atomic E-state index is -1.01. The van der Waals surface area contributed by atoms with Gasteiger partial charge in [0.1, 0.15) is 16.9 Å². The second-order valence-electron chi connectivity index (χ2n) is 6.23. The molecule has 2 aromatic rings. The number of anilines is 1. The normalized spacial score (nSPS) is 14.2. The van der Waals surface area contributed by atoms with Crippen LogP contribution in [0.4, 0.5) is 5.69 Å². The molecular weight excluding hydrogens is 332 g/mol. The summed E-state index contributed by atoms with van der Waals surface area (Å²) in [5.74, 6) is 0.692. The van der Waals surface area contributed by atoms with E-state index in [1.54, 1.807) is 25.3 Å². The van der Waals surface area contributed by atoms with Gasteiger partial charge in [0.15, 0.2) is 0 Å². The lowest BCUT2D eigenvalue weighted by Gasteiger charge is -2.17. The van der Waals surface area contributed by atoms with Crippen molar-refractivity contribution in [2.24, 2.45) is 5.41 Å². The fourth-order valence-electron chi connectivity index (χ4n) is 2.87. The van der Waals surface area contributed by atoms with Crippen LogP contribution in [-0.2, 0) is 16.1 Å². The summed E-state index contributed by atoms with van der Waals surface area (Å²) in [6.07, 6.45) is 1.07. The van der Waals surface area contributed by atoms with E-state index >= 15 is 0 Å². The molecule has 1 fully saturated rings. The monoisotopic (exact) mass is 354 g/mol. The number of carbonyl (C=O) groups excluding carboxylic acids is 2. The number of nitrogens with one attached hydrogen (secondary N) is 2. The number of hydrogen-bond donors (Lipinski definition) is 2. The number of rotatable bonds is 7. The van der Waals surface area contributed by atoms with E-state index in [1.807, 2.05) is 30.3 Å². The standard InChI is InChI=1S/C20H22N2O4/c1-25-16-9-5-3-7-14(16)13-21-18(23)20(11-12-20)19(24)22-15-8-4-6-10-17(15)26-2/h3-10H,11-13H2,1-2H3,(H,21,23)(H,22,24). The van der Waals surface area contributed by atoms with E-state index in [9.17, 15) is 9.59 Å². The Morgan fingerprint density at radius 1 is 0.923 bits per heavy atom. The number of benzene rings is 2. The third-order valence-electron chi connectivity index (χ3n) is 4.61. The Hall–Kier alpha value is -3.02. The predicted molar refractivity (Wildman–Crippen MR) is 98.1 cm³/mol. The lowest BCUT2D eigenvalue weighted by molar-refractivity contribution is -0.134. The third kappa shape index (κ3) is 3.49. The third-order valence-corrected chi connectivity index (χ3v) is 4.61. The maximum atomic E-state index is 12.7. The molecule has 136 valence electrons. The molecule has 0 heterocycles. The van der Waals surface area contributed by atoms with Crippen LogP contribution in [0.25, 0.3) is 0 Å². The first-order chi connectivity index (χ1) is 12.6. The first kappa shape index (κ1) is 17.8. The molecule has 1 saturated carbocycles. The van der Waals surface area contributed by atoms with Crippen LogP contribution in [0.2, 0.25) is 0 Å². The highest BCUT2D eigenvalue weighted by atomic mass is 16.5. The number of methoxy groups -OCH3 is 2. The van der Waals surface area contributed by atoms with E-state index in [2.05, 4.69) is 10.6 Å². The second kappa shape index (κ2) is 7.47. The second-order valence-corrected chi connectivity index (χ2v) is 6.23. The lowest BCUT2D eigenvalue weighted by Crippen LogP contribution is -2.39. The summed E-state index contributed by atoms with van der Waals surface area (Å²) < 4.78 is 10.5. The molecule has 1 aliphatic carbocycles. The highest BCUT2D eigenvalue weighted by molar-refractivity contribution is 6.13. The van der Waals surface area contributed by atoms with Gasteiger partial charge in [-0.1, -0.05) is 30.3 Å². The van der Waals surface area contributed by atoms with Gasteiger partial charge in [0.05, 0.1) is 19.9 Å². The lowest BCUT2D eigenvalue weighted by atomic mass is 10.0. The maximum absolute atomic E-state index is 12.7. The molecule has 6 heteroatoms. The highest BCUT2D eigenvalue weighted by Gasteiger charge is 2.56. The summed E-state index contributed by atoms with van der Waals surface area (Å²) in [7, 11) is 3.13. The topological polar surface area (TPSA) is 76.7 Å². The first-order valence-corrected chi connectivity index (χ1v) is 8.45. The Labute approximate surface area is 152 Å². The molecule has 6 nitrogen and oxygen atoms in total. The van der Waals surface area contributed by atoms with Gasteiger partial charge in [-0.3, -0.25) is 9.59 Å². The van der Waals surface area contributed by atoms with Crippen LogP contribution in [0.3, 0.4) is 0 Å². The van der Waals surface area contributed by atoms with Crippen LogP contribution >= 0.6 is 0 Å². The van der Waals surface area contributed by atoms with Crippen LogP contribution in [0.5, 0.6) is 11.5 Å². The molecule has 0 aliphatic heterocycles. The van der Waals surface area contributed by atoms with Crippen molar-refractivity contribution in [3.8, 4) is 11.5 Å². The number of para-hydroxylation sites is 3. The molecule has 0 saturated heterocycles. The fourth-order valence-corrected chi connectivity index (χ4v) is 2.87. The SMILES string of the molecule is COc1ccccc1CNC(=O)C1(C(=O)Nc2ccccc2OC)CC1. The van der Waals surface area contributed by atoms with Crippen molar-refractivity contribution in [1.82, 2.24) is 5.32 Å². The van der Waals surface area contributed by atoms with Crippen molar-refractivity contribution in [3.05, 3.63) is 54.1 Å². The summed E-state index contributed by atoms with van der Waals surface area (Å²) in [5, 5.41) is 5.68. The van der Waals surface area contributed by atoms with Gasteiger partial charge in [-0.05, 0) is 31.0 Å². The van der Waals surface area contributed by atoms with Crippen molar-refractivity contribution in [1.29, 1.82) is 0 Å². The van der Waals surface area contributed by atoms with Crippen molar-refractivity contribution < 1.29 is 19.1 Å². The van der Waals surface area contributed by atoms with E-state index < -0.39 is 5.41 Å². The van der Waals surface area contributed by atoms with Crippen LogP contribution < -0.4 is 20.1 Å². The van der Waals surface area contributed by atoms with Crippen LogP contribution in [-0.4, -0.2) is 26.0 Å². The molecule has 2 aromatic carbocycles. The Bertz CT molecular complexity index is 815. The molecule has 0 radical (unpaired) electrons. The van der Waals surface area contributed by atoms with Gasteiger partial charge in [0, 0.05) is 12.1 Å². The molecule has 3 rings (SSSR count). The smallest absolute Gasteiger partial charge is 0.240 e. The molecule has 26 heavy (non-hydrogen) atoms. The van der Waals surface area contributed by atoms with E-state index in [0.717, 1.165) is 5.56 Å². The number of carbonyl (C=O) groups is 2. The minimum Gasteiger partial charge on any atom is -0.496 e. The predicted octanol–water partition coefficient (Wildman–Crippen LogP) is 2.74. The van der Waals surface area contributed by atoms with E-state index in [1.165, 1.54) is 7.11 Å². The van der Waals surface area contributed by atoms with Gasteiger partial charge in [0.25, 0.3) is 0 Å². The number of amides is 2. The largest absolute Gasteiger partial charge is 0.496 e. The minimum absolute atomic E-state index is 0.268. The van der Waals surface area contributed by atoms with Gasteiger partial charge in [-0.25, -0.2) is 0 Å². The molecule has 2 N–H and O–H groups in total. The van der Waals surface area contributed by atoms with Crippen LogP contribution in [0.15, 0.2) is 48.5 Å². The summed E-state index contributed by atoms with van der Waals surface area (Å²) in [6, 6.07) is 14.6. The zero-order valence-corrected chi connectivity index (χ0v) is 14.9. The van der Waals surface area contributed by atoms with E-state index in [-0.39, 0.29) is 11.8 Å². The Morgan fingerprint density at radius 3 is 2.19 bits per heavy atom. The average molecular weight is 354 g/mol. The van der Waals surface area contributed by atoms with E-state index in [4.69, 9.17) is 9.47 Å². The molecule has 1 aliphatic rings. The highest BCUT2D eigenvalue weighted by Crippen LogP contribution is 2.47. The van der Waals surface area contributed by atoms with Gasteiger partial charge >= 0.3 is 0 Å². The number of ether oxygens (including phenoxy) is 2. The molecule has 0 aromatic heterocycles. The van der Waals surface area contributed by atoms with Crippen LogP contribution in [0.1, 0.15) is 18.4 Å². The Balaban J connectivity index is 1.66. The van der Waals surface area contributed by atoms with Crippen molar-refractivity contribution in [2.45, 2.75) is 19.4 Å². The zero-order chi connectivity index (χ0) is 18.6. The maximum Gasteiger partial charge on any atom is 0.240 e. The first-order valence-electron chi connectivity index (χ1n) is 8.45. The van der Waals surface area contributed by atoms with Crippen LogP contribution in [0, 0.1) is 5.41 Å². The van der Waals surface area contributed by atoms with Crippen molar-refractivity contribution in [3.63, 3.8) is 0 Å². The summed E-state index contributed by atoms with van der Waals surface area (Å²) >= 11 is 0. The van der Waals surface area contributed by atoms with Crippen molar-refractivity contribution >= 4 is 17.5 Å². The molecule has 0 unspecified atom stereocenters. The summed E-state index contributed by atoms with van der Waals surface area (Å²) in [6.45, 7) is 0.312. The average Bonchev–Trinajstić information content (AvgIpc) is 3.49. The Morgan fingerprint density at radius 2 is 1.54 bits per heavy atom. The molecular formula is C20H22N2O4. The molecule has 0 bridgehead atoms. The molecule has 0 spiro atoms. The van der Waals surface area contributed by atoms with Crippen molar-refractivity contribution in [2.75, 3.05) is 19.5 Å². The van der Waals surface area contributed by atoms with E-state index in [0.29, 0.717) is 36.6 Å². The zero-order valence-electron chi connectivity index (χ0n) is 14.9.